The fraction of sp³-hybridized carbons (Fsp3) is 0.111. The van der Waals surface area contributed by atoms with Crippen molar-refractivity contribution in [2.75, 3.05) is 7.05 Å². The van der Waals surface area contributed by atoms with Gasteiger partial charge in [0.25, 0.3) is 0 Å². The Morgan fingerprint density at radius 3 is 2.54 bits per heavy atom. The molecule has 0 N–H and O–H groups in total. The van der Waals surface area contributed by atoms with Crippen LogP contribution >= 0.6 is 0 Å². The average molecular weight is 196 g/mol. The summed E-state index contributed by atoms with van der Waals surface area (Å²) in [6, 6.07) is 9.50. The van der Waals surface area contributed by atoms with Crippen LogP contribution < -0.4 is 0 Å². The second-order valence-corrected chi connectivity index (χ2v) is 3.50. The van der Waals surface area contributed by atoms with Crippen LogP contribution in [0.2, 0.25) is 0 Å². The van der Waals surface area contributed by atoms with E-state index in [0.29, 0.717) is 0 Å². The van der Waals surface area contributed by atoms with E-state index >= 15 is 0 Å². The summed E-state index contributed by atoms with van der Waals surface area (Å²) in [6.07, 6.45) is 3.23. The molecule has 1 rings (SSSR count). The van der Waals surface area contributed by atoms with Crippen LogP contribution in [0, 0.1) is 0 Å². The van der Waals surface area contributed by atoms with Crippen LogP contribution in [0.25, 0.3) is 6.08 Å². The molecule has 1 atom stereocenters. The molecule has 70 valence electrons. The third kappa shape index (κ3) is 3.40. The minimum Gasteiger partial charge on any atom is -0.755 e. The van der Waals surface area contributed by atoms with Gasteiger partial charge in [0.2, 0.25) is 0 Å². The number of hydrogen-bond acceptors (Lipinski definition) is 2. The lowest BCUT2D eigenvalue weighted by Gasteiger charge is -2.15. The van der Waals surface area contributed by atoms with E-state index in [1.54, 1.807) is 6.08 Å². The second-order valence-electron chi connectivity index (χ2n) is 2.49. The Balaban J connectivity index is 2.64. The third-order valence-corrected chi connectivity index (χ3v) is 2.10. The van der Waals surface area contributed by atoms with Crippen LogP contribution in [0.1, 0.15) is 5.56 Å². The number of benzene rings is 1. The summed E-state index contributed by atoms with van der Waals surface area (Å²) in [5.41, 5.74) is 0.972. The summed E-state index contributed by atoms with van der Waals surface area (Å²) < 4.78 is 21.9. The lowest BCUT2D eigenvalue weighted by molar-refractivity contribution is 0.485. The van der Waals surface area contributed by atoms with Gasteiger partial charge in [0.05, 0.1) is 0 Å². The maximum absolute atomic E-state index is 10.4. The van der Waals surface area contributed by atoms with Gasteiger partial charge in [-0.25, -0.2) is 0 Å². The van der Waals surface area contributed by atoms with Crippen molar-refractivity contribution < 1.29 is 8.76 Å². The van der Waals surface area contributed by atoms with Gasteiger partial charge in [0.1, 0.15) is 0 Å². The molecule has 0 spiro atoms. The molecule has 1 unspecified atom stereocenters. The van der Waals surface area contributed by atoms with E-state index in [1.165, 1.54) is 13.2 Å². The van der Waals surface area contributed by atoms with Crippen molar-refractivity contribution in [2.45, 2.75) is 0 Å². The maximum atomic E-state index is 10.4. The van der Waals surface area contributed by atoms with Crippen molar-refractivity contribution in [3.05, 3.63) is 42.1 Å². The Labute approximate surface area is 80.1 Å². The molecule has 0 heterocycles. The highest BCUT2D eigenvalue weighted by atomic mass is 32.2. The first-order valence-corrected chi connectivity index (χ1v) is 4.79. The van der Waals surface area contributed by atoms with Gasteiger partial charge in [-0.2, -0.15) is 0 Å². The summed E-state index contributed by atoms with van der Waals surface area (Å²) in [7, 11) is 1.47. The van der Waals surface area contributed by atoms with Gasteiger partial charge in [0.15, 0.2) is 0 Å². The van der Waals surface area contributed by atoms with Crippen molar-refractivity contribution in [3.8, 4) is 0 Å². The fourth-order valence-corrected chi connectivity index (χ4v) is 0.965. The largest absolute Gasteiger partial charge is 0.755 e. The zero-order valence-corrected chi connectivity index (χ0v) is 8.03. The van der Waals surface area contributed by atoms with Crippen molar-refractivity contribution in [2.24, 2.45) is 0 Å². The number of rotatable bonds is 3. The summed E-state index contributed by atoms with van der Waals surface area (Å²) in [5, 5.41) is 0. The molecule has 0 aliphatic heterocycles. The molecule has 1 aromatic rings. The molecule has 0 amide bonds. The van der Waals surface area contributed by atoms with Crippen LogP contribution in [0.3, 0.4) is 0 Å². The Hall–Kier alpha value is -1.13. The Morgan fingerprint density at radius 2 is 2.00 bits per heavy atom. The summed E-state index contributed by atoms with van der Waals surface area (Å²) >= 11 is -2.19. The fourth-order valence-electron chi connectivity index (χ4n) is 0.805. The Morgan fingerprint density at radius 1 is 1.38 bits per heavy atom. The summed E-state index contributed by atoms with van der Waals surface area (Å²) in [5.74, 6) is 0. The van der Waals surface area contributed by atoms with E-state index in [1.807, 2.05) is 30.3 Å². The van der Waals surface area contributed by atoms with Gasteiger partial charge < -0.3 is 8.86 Å². The van der Waals surface area contributed by atoms with E-state index in [0.717, 1.165) is 9.87 Å². The van der Waals surface area contributed by atoms with Gasteiger partial charge in [-0.05, 0) is 11.6 Å². The molecule has 0 aromatic heterocycles. The van der Waals surface area contributed by atoms with Crippen LogP contribution in [-0.4, -0.2) is 20.1 Å². The molecule has 0 fully saturated rings. The van der Waals surface area contributed by atoms with Crippen molar-refractivity contribution in [1.29, 1.82) is 0 Å². The molecule has 1 aromatic carbocycles. The van der Waals surface area contributed by atoms with Crippen molar-refractivity contribution >= 4 is 17.3 Å². The average Bonchev–Trinajstić information content (AvgIpc) is 2.15. The molecular formula is C9H10NO2S-. The normalized spacial score (nSPS) is 13.1. The van der Waals surface area contributed by atoms with Crippen LogP contribution in [0.5, 0.6) is 0 Å². The molecule has 4 heteroatoms. The van der Waals surface area contributed by atoms with E-state index < -0.39 is 11.3 Å². The summed E-state index contributed by atoms with van der Waals surface area (Å²) in [4.78, 5) is 0. The molecule has 0 radical (unpaired) electrons. The standard InChI is InChI=1S/C9H11NO2S/c1-10(13(11)12)8-7-9-5-3-2-4-6-9/h2-8H,1H3,(H,11,12)/p-1. The first kappa shape index (κ1) is 9.95. The minimum atomic E-state index is -2.19. The second kappa shape index (κ2) is 4.79. The monoisotopic (exact) mass is 196 g/mol. The highest BCUT2D eigenvalue weighted by molar-refractivity contribution is 7.76. The zero-order valence-electron chi connectivity index (χ0n) is 7.21. The highest BCUT2D eigenvalue weighted by Gasteiger charge is 1.87. The van der Waals surface area contributed by atoms with E-state index in [-0.39, 0.29) is 0 Å². The van der Waals surface area contributed by atoms with Gasteiger partial charge in [0, 0.05) is 24.5 Å². The first-order valence-electron chi connectivity index (χ1n) is 3.75. The molecule has 0 bridgehead atoms. The van der Waals surface area contributed by atoms with Crippen molar-refractivity contribution in [3.63, 3.8) is 0 Å². The van der Waals surface area contributed by atoms with Gasteiger partial charge >= 0.3 is 0 Å². The maximum Gasteiger partial charge on any atom is 0.0466 e. The number of hydrogen-bond donors (Lipinski definition) is 0. The minimum absolute atomic E-state index is 0.972. The lowest BCUT2D eigenvalue weighted by Crippen LogP contribution is -2.12. The van der Waals surface area contributed by atoms with Gasteiger partial charge in [-0.15, -0.1) is 0 Å². The third-order valence-electron chi connectivity index (χ3n) is 1.51. The summed E-state index contributed by atoms with van der Waals surface area (Å²) in [6.45, 7) is 0. The topological polar surface area (TPSA) is 43.4 Å². The van der Waals surface area contributed by atoms with E-state index in [9.17, 15) is 8.76 Å². The van der Waals surface area contributed by atoms with Crippen LogP contribution in [-0.2, 0) is 11.3 Å². The smallest absolute Gasteiger partial charge is 0.0466 e. The first-order chi connectivity index (χ1) is 6.20. The SMILES string of the molecule is CN(C=Cc1ccccc1)S(=O)[O-]. The lowest BCUT2D eigenvalue weighted by atomic mass is 10.2. The molecular weight excluding hydrogens is 186 g/mol. The van der Waals surface area contributed by atoms with Crippen molar-refractivity contribution in [1.82, 2.24) is 4.31 Å². The molecule has 0 aliphatic rings. The highest BCUT2D eigenvalue weighted by Crippen LogP contribution is 2.01. The van der Waals surface area contributed by atoms with Gasteiger partial charge in [-0.1, -0.05) is 30.3 Å². The molecule has 13 heavy (non-hydrogen) atoms. The van der Waals surface area contributed by atoms with Crippen LogP contribution in [0.4, 0.5) is 0 Å². The predicted molar refractivity (Wildman–Crippen MR) is 52.2 cm³/mol. The van der Waals surface area contributed by atoms with E-state index in [2.05, 4.69) is 0 Å². The predicted octanol–water partition coefficient (Wildman–Crippen LogP) is 1.38. The zero-order chi connectivity index (χ0) is 9.68. The molecule has 3 nitrogen and oxygen atoms in total. The van der Waals surface area contributed by atoms with Crippen LogP contribution in [0.15, 0.2) is 36.5 Å². The van der Waals surface area contributed by atoms with E-state index in [4.69, 9.17) is 0 Å². The quantitative estimate of drug-likeness (QED) is 0.685. The Bertz CT molecular complexity index is 311. The Kier molecular flexibility index (Phi) is 3.67. The van der Waals surface area contributed by atoms with Gasteiger partial charge in [-0.3, -0.25) is 4.21 Å². The number of nitrogens with zero attached hydrogens (tertiary/aromatic N) is 1. The molecule has 0 saturated heterocycles. The molecule has 0 saturated carbocycles. The molecule has 0 aliphatic carbocycles.